The lowest BCUT2D eigenvalue weighted by molar-refractivity contribution is -0.145. The van der Waals surface area contributed by atoms with E-state index in [9.17, 15) is 4.79 Å². The lowest BCUT2D eigenvalue weighted by Crippen LogP contribution is -2.41. The maximum absolute atomic E-state index is 11.8. The molecule has 0 saturated heterocycles. The van der Waals surface area contributed by atoms with E-state index < -0.39 is 0 Å². The topological polar surface area (TPSA) is 41.6 Å². The van der Waals surface area contributed by atoms with Gasteiger partial charge in [-0.05, 0) is 52.9 Å². The molecule has 114 valence electrons. The predicted octanol–water partition coefficient (Wildman–Crippen LogP) is 2.43. The Morgan fingerprint density at radius 3 is 2.47 bits per heavy atom. The average molecular weight is 272 g/mol. The third-order valence-electron chi connectivity index (χ3n) is 3.15. The largest absolute Gasteiger partial charge is 0.465 e. The first kappa shape index (κ1) is 18.4. The molecule has 4 nitrogen and oxygen atoms in total. The predicted molar refractivity (Wildman–Crippen MR) is 80.4 cm³/mol. The Hall–Kier alpha value is -0.610. The summed E-state index contributed by atoms with van der Waals surface area (Å²) in [7, 11) is 2.12. The lowest BCUT2D eigenvalue weighted by atomic mass is 10.2. The van der Waals surface area contributed by atoms with Crippen molar-refractivity contribution >= 4 is 5.97 Å². The van der Waals surface area contributed by atoms with Crippen molar-refractivity contribution in [2.75, 3.05) is 33.3 Å². The van der Waals surface area contributed by atoms with Gasteiger partial charge >= 0.3 is 5.97 Å². The second-order valence-electron chi connectivity index (χ2n) is 5.06. The molecule has 1 unspecified atom stereocenters. The van der Waals surface area contributed by atoms with Gasteiger partial charge in [-0.25, -0.2) is 0 Å². The highest BCUT2D eigenvalue weighted by atomic mass is 16.5. The highest BCUT2D eigenvalue weighted by Gasteiger charge is 2.18. The van der Waals surface area contributed by atoms with Crippen LogP contribution in [0.4, 0.5) is 0 Å². The Morgan fingerprint density at radius 1 is 1.16 bits per heavy atom. The maximum atomic E-state index is 11.8. The number of hydrogen-bond donors (Lipinski definition) is 1. The molecule has 0 aliphatic heterocycles. The number of nitrogens with one attached hydrogen (secondary N) is 1. The van der Waals surface area contributed by atoms with E-state index in [1.807, 2.05) is 6.92 Å². The summed E-state index contributed by atoms with van der Waals surface area (Å²) in [4.78, 5) is 14.1. The summed E-state index contributed by atoms with van der Waals surface area (Å²) < 4.78 is 5.11. The van der Waals surface area contributed by atoms with Crippen molar-refractivity contribution in [2.45, 2.75) is 58.9 Å². The SMILES string of the molecule is CCCCCN(C)CCC(NCCC)C(=O)OCC. The van der Waals surface area contributed by atoms with Crippen molar-refractivity contribution in [1.29, 1.82) is 0 Å². The van der Waals surface area contributed by atoms with E-state index in [0.717, 1.165) is 32.5 Å². The van der Waals surface area contributed by atoms with Gasteiger partial charge in [0.25, 0.3) is 0 Å². The molecule has 0 aliphatic carbocycles. The summed E-state index contributed by atoms with van der Waals surface area (Å²) in [6, 6.07) is -0.159. The van der Waals surface area contributed by atoms with Gasteiger partial charge in [-0.1, -0.05) is 26.7 Å². The molecule has 4 heteroatoms. The summed E-state index contributed by atoms with van der Waals surface area (Å²) in [5.74, 6) is -0.113. The van der Waals surface area contributed by atoms with Crippen LogP contribution in [0.2, 0.25) is 0 Å². The van der Waals surface area contributed by atoms with Crippen molar-refractivity contribution < 1.29 is 9.53 Å². The number of carbonyl (C=O) groups is 1. The summed E-state index contributed by atoms with van der Waals surface area (Å²) in [6.45, 7) is 9.53. The smallest absolute Gasteiger partial charge is 0.323 e. The van der Waals surface area contributed by atoms with E-state index in [4.69, 9.17) is 4.74 Å². The summed E-state index contributed by atoms with van der Waals surface area (Å²) in [5.41, 5.74) is 0. The molecule has 0 fully saturated rings. The first-order valence-corrected chi connectivity index (χ1v) is 7.74. The fourth-order valence-electron chi connectivity index (χ4n) is 1.96. The Morgan fingerprint density at radius 2 is 1.89 bits per heavy atom. The van der Waals surface area contributed by atoms with Crippen LogP contribution in [0.15, 0.2) is 0 Å². The number of carbonyl (C=O) groups excluding carboxylic acids is 1. The third kappa shape index (κ3) is 9.91. The van der Waals surface area contributed by atoms with Crippen LogP contribution in [0.3, 0.4) is 0 Å². The number of hydrogen-bond acceptors (Lipinski definition) is 4. The molecule has 0 heterocycles. The van der Waals surface area contributed by atoms with Crippen LogP contribution in [-0.2, 0) is 9.53 Å². The Kier molecular flexibility index (Phi) is 12.0. The van der Waals surface area contributed by atoms with Crippen LogP contribution in [-0.4, -0.2) is 50.2 Å². The average Bonchev–Trinajstić information content (AvgIpc) is 2.39. The van der Waals surface area contributed by atoms with Gasteiger partial charge in [0.05, 0.1) is 6.61 Å². The quantitative estimate of drug-likeness (QED) is 0.438. The third-order valence-corrected chi connectivity index (χ3v) is 3.15. The minimum Gasteiger partial charge on any atom is -0.465 e. The van der Waals surface area contributed by atoms with Crippen LogP contribution < -0.4 is 5.32 Å². The monoisotopic (exact) mass is 272 g/mol. The second kappa shape index (κ2) is 12.4. The Bertz CT molecular complexity index is 222. The normalized spacial score (nSPS) is 12.7. The summed E-state index contributed by atoms with van der Waals surface area (Å²) in [6.07, 6.45) is 5.61. The highest BCUT2D eigenvalue weighted by molar-refractivity contribution is 5.75. The molecule has 19 heavy (non-hydrogen) atoms. The zero-order chi connectivity index (χ0) is 14.5. The second-order valence-corrected chi connectivity index (χ2v) is 5.06. The van der Waals surface area contributed by atoms with E-state index in [-0.39, 0.29) is 12.0 Å². The number of rotatable bonds is 12. The van der Waals surface area contributed by atoms with Gasteiger partial charge in [-0.2, -0.15) is 0 Å². The molecule has 0 saturated carbocycles. The van der Waals surface area contributed by atoms with Crippen LogP contribution >= 0.6 is 0 Å². The number of nitrogens with zero attached hydrogens (tertiary/aromatic N) is 1. The molecule has 0 aromatic carbocycles. The fourth-order valence-corrected chi connectivity index (χ4v) is 1.96. The first-order valence-electron chi connectivity index (χ1n) is 7.74. The zero-order valence-electron chi connectivity index (χ0n) is 13.2. The zero-order valence-corrected chi connectivity index (χ0v) is 13.2. The van der Waals surface area contributed by atoms with Crippen LogP contribution in [0.5, 0.6) is 0 Å². The maximum Gasteiger partial charge on any atom is 0.323 e. The van der Waals surface area contributed by atoms with E-state index in [1.165, 1.54) is 19.3 Å². The minimum atomic E-state index is -0.159. The van der Waals surface area contributed by atoms with Gasteiger partial charge in [0.2, 0.25) is 0 Å². The van der Waals surface area contributed by atoms with Crippen LogP contribution in [0.1, 0.15) is 52.9 Å². The Balaban J connectivity index is 3.98. The summed E-state index contributed by atoms with van der Waals surface area (Å²) >= 11 is 0. The van der Waals surface area contributed by atoms with E-state index >= 15 is 0 Å². The molecule has 0 rings (SSSR count). The standard InChI is InChI=1S/C15H32N2O2/c1-5-8-9-12-17(4)13-10-14(16-11-6-2)15(18)19-7-3/h14,16H,5-13H2,1-4H3. The van der Waals surface area contributed by atoms with Crippen molar-refractivity contribution in [3.63, 3.8) is 0 Å². The van der Waals surface area contributed by atoms with Crippen LogP contribution in [0.25, 0.3) is 0 Å². The van der Waals surface area contributed by atoms with Gasteiger partial charge in [0.1, 0.15) is 6.04 Å². The number of unbranched alkanes of at least 4 members (excludes halogenated alkanes) is 2. The molecule has 0 bridgehead atoms. The highest BCUT2D eigenvalue weighted by Crippen LogP contribution is 2.01. The molecule has 1 N–H and O–H groups in total. The molecule has 0 spiro atoms. The molecular weight excluding hydrogens is 240 g/mol. The Labute approximate surface area is 118 Å². The fraction of sp³-hybridized carbons (Fsp3) is 0.933. The summed E-state index contributed by atoms with van der Waals surface area (Å²) in [5, 5.41) is 3.28. The van der Waals surface area contributed by atoms with Gasteiger partial charge in [-0.15, -0.1) is 0 Å². The van der Waals surface area contributed by atoms with Crippen molar-refractivity contribution in [3.8, 4) is 0 Å². The molecule has 0 aromatic rings. The first-order chi connectivity index (χ1) is 9.15. The number of ether oxygens (including phenoxy) is 1. The molecule has 0 aromatic heterocycles. The van der Waals surface area contributed by atoms with Gasteiger partial charge in [0, 0.05) is 0 Å². The van der Waals surface area contributed by atoms with Gasteiger partial charge in [0.15, 0.2) is 0 Å². The molecule has 1 atom stereocenters. The molecule has 0 aliphatic rings. The van der Waals surface area contributed by atoms with E-state index in [0.29, 0.717) is 6.61 Å². The van der Waals surface area contributed by atoms with Gasteiger partial charge in [-0.3, -0.25) is 4.79 Å². The van der Waals surface area contributed by atoms with Crippen molar-refractivity contribution in [1.82, 2.24) is 10.2 Å². The van der Waals surface area contributed by atoms with Crippen molar-refractivity contribution in [2.24, 2.45) is 0 Å². The van der Waals surface area contributed by atoms with Gasteiger partial charge < -0.3 is 15.0 Å². The van der Waals surface area contributed by atoms with Crippen molar-refractivity contribution in [3.05, 3.63) is 0 Å². The van der Waals surface area contributed by atoms with Crippen LogP contribution in [0, 0.1) is 0 Å². The lowest BCUT2D eigenvalue weighted by Gasteiger charge is -2.21. The number of esters is 1. The molecule has 0 radical (unpaired) electrons. The molecular formula is C15H32N2O2. The van der Waals surface area contributed by atoms with E-state index in [1.54, 1.807) is 0 Å². The minimum absolute atomic E-state index is 0.113. The van der Waals surface area contributed by atoms with E-state index in [2.05, 4.69) is 31.1 Å². The molecule has 0 amide bonds.